The SMILES string of the molecule is CCCc1csc2cc3cc(F)ccc3n12. The van der Waals surface area contributed by atoms with Crippen LogP contribution in [0.2, 0.25) is 0 Å². The maximum Gasteiger partial charge on any atom is 0.123 e. The largest absolute Gasteiger partial charge is 0.304 e. The average molecular weight is 233 g/mol. The number of hydrogen-bond acceptors (Lipinski definition) is 1. The van der Waals surface area contributed by atoms with Gasteiger partial charge < -0.3 is 4.40 Å². The lowest BCUT2D eigenvalue weighted by molar-refractivity contribution is 0.629. The van der Waals surface area contributed by atoms with Gasteiger partial charge in [-0.1, -0.05) is 13.3 Å². The fraction of sp³-hybridized carbons (Fsp3) is 0.231. The molecule has 0 amide bonds. The first-order valence-corrected chi connectivity index (χ1v) is 6.34. The molecule has 3 aromatic rings. The van der Waals surface area contributed by atoms with E-state index in [-0.39, 0.29) is 5.82 Å². The average Bonchev–Trinajstić information content (AvgIpc) is 2.78. The summed E-state index contributed by atoms with van der Waals surface area (Å²) in [6, 6.07) is 7.05. The van der Waals surface area contributed by atoms with Crippen LogP contribution in [0.4, 0.5) is 4.39 Å². The van der Waals surface area contributed by atoms with E-state index in [4.69, 9.17) is 0 Å². The minimum atomic E-state index is -0.164. The second-order valence-electron chi connectivity index (χ2n) is 4.00. The van der Waals surface area contributed by atoms with Crippen molar-refractivity contribution >= 4 is 27.1 Å². The predicted molar refractivity (Wildman–Crippen MR) is 66.7 cm³/mol. The zero-order valence-electron chi connectivity index (χ0n) is 9.03. The number of benzene rings is 1. The van der Waals surface area contributed by atoms with Gasteiger partial charge in [-0.15, -0.1) is 11.3 Å². The van der Waals surface area contributed by atoms with E-state index in [0.29, 0.717) is 0 Å². The van der Waals surface area contributed by atoms with Crippen LogP contribution in [0.1, 0.15) is 19.0 Å². The number of aromatic nitrogens is 1. The van der Waals surface area contributed by atoms with E-state index in [2.05, 4.69) is 22.8 Å². The Hall–Kier alpha value is -1.35. The lowest BCUT2D eigenvalue weighted by Gasteiger charge is -1.99. The molecule has 2 aromatic heterocycles. The molecule has 2 heterocycles. The summed E-state index contributed by atoms with van der Waals surface area (Å²) in [5.74, 6) is -0.164. The highest BCUT2D eigenvalue weighted by molar-refractivity contribution is 7.15. The molecule has 1 aromatic carbocycles. The van der Waals surface area contributed by atoms with E-state index < -0.39 is 0 Å². The number of thiazole rings is 1. The minimum absolute atomic E-state index is 0.164. The van der Waals surface area contributed by atoms with Crippen LogP contribution in [0.3, 0.4) is 0 Å². The fourth-order valence-electron chi connectivity index (χ4n) is 2.15. The smallest absolute Gasteiger partial charge is 0.123 e. The predicted octanol–water partition coefficient (Wildman–Crippen LogP) is 4.25. The Morgan fingerprint density at radius 1 is 1.31 bits per heavy atom. The molecule has 0 bridgehead atoms. The Morgan fingerprint density at radius 2 is 2.19 bits per heavy atom. The third kappa shape index (κ3) is 1.35. The highest BCUT2D eigenvalue weighted by atomic mass is 32.1. The molecule has 0 unspecified atom stereocenters. The third-order valence-electron chi connectivity index (χ3n) is 2.84. The van der Waals surface area contributed by atoms with Crippen molar-refractivity contribution in [1.82, 2.24) is 4.40 Å². The lowest BCUT2D eigenvalue weighted by Crippen LogP contribution is -1.89. The number of nitrogens with zero attached hydrogens (tertiary/aromatic N) is 1. The number of aryl methyl sites for hydroxylation is 1. The molecule has 0 aliphatic carbocycles. The van der Waals surface area contributed by atoms with Crippen molar-refractivity contribution in [3.05, 3.63) is 41.2 Å². The summed E-state index contributed by atoms with van der Waals surface area (Å²) in [6.45, 7) is 2.18. The van der Waals surface area contributed by atoms with Gasteiger partial charge in [0.15, 0.2) is 0 Å². The summed E-state index contributed by atoms with van der Waals surface area (Å²) in [4.78, 5) is 1.20. The number of hydrogen-bond donors (Lipinski definition) is 0. The second kappa shape index (κ2) is 3.59. The molecule has 1 nitrogen and oxygen atoms in total. The van der Waals surface area contributed by atoms with Crippen molar-refractivity contribution in [2.24, 2.45) is 0 Å². The van der Waals surface area contributed by atoms with Crippen LogP contribution < -0.4 is 0 Å². The van der Waals surface area contributed by atoms with Crippen molar-refractivity contribution in [2.75, 3.05) is 0 Å². The van der Waals surface area contributed by atoms with Gasteiger partial charge in [-0.3, -0.25) is 0 Å². The third-order valence-corrected chi connectivity index (χ3v) is 3.77. The normalized spacial score (nSPS) is 11.6. The summed E-state index contributed by atoms with van der Waals surface area (Å²) >= 11 is 1.73. The van der Waals surface area contributed by atoms with E-state index in [0.717, 1.165) is 23.7 Å². The maximum absolute atomic E-state index is 13.1. The van der Waals surface area contributed by atoms with Gasteiger partial charge in [0.05, 0.1) is 5.52 Å². The Bertz CT molecular complexity index is 650. The molecule has 0 radical (unpaired) electrons. The zero-order valence-corrected chi connectivity index (χ0v) is 9.85. The van der Waals surface area contributed by atoms with Crippen LogP contribution in [-0.4, -0.2) is 4.40 Å². The monoisotopic (exact) mass is 233 g/mol. The quantitative estimate of drug-likeness (QED) is 0.623. The van der Waals surface area contributed by atoms with Crippen molar-refractivity contribution in [2.45, 2.75) is 19.8 Å². The van der Waals surface area contributed by atoms with Crippen LogP contribution >= 0.6 is 11.3 Å². The minimum Gasteiger partial charge on any atom is -0.304 e. The van der Waals surface area contributed by atoms with E-state index in [1.54, 1.807) is 17.4 Å². The summed E-state index contributed by atoms with van der Waals surface area (Å²) in [5.41, 5.74) is 2.44. The zero-order chi connectivity index (χ0) is 11.1. The first kappa shape index (κ1) is 9.85. The Labute approximate surface area is 97.1 Å². The van der Waals surface area contributed by atoms with E-state index >= 15 is 0 Å². The van der Waals surface area contributed by atoms with Crippen LogP contribution in [0, 0.1) is 5.82 Å². The lowest BCUT2D eigenvalue weighted by atomic mass is 10.2. The molecule has 82 valence electrons. The first-order chi connectivity index (χ1) is 7.79. The molecule has 0 atom stereocenters. The molecule has 0 fully saturated rings. The van der Waals surface area contributed by atoms with Gasteiger partial charge in [0.25, 0.3) is 0 Å². The van der Waals surface area contributed by atoms with E-state index in [1.165, 1.54) is 16.6 Å². The van der Waals surface area contributed by atoms with Crippen molar-refractivity contribution in [3.8, 4) is 0 Å². The van der Waals surface area contributed by atoms with E-state index in [9.17, 15) is 4.39 Å². The van der Waals surface area contributed by atoms with Crippen molar-refractivity contribution < 1.29 is 4.39 Å². The Morgan fingerprint density at radius 3 is 3.00 bits per heavy atom. The summed E-state index contributed by atoms with van der Waals surface area (Å²) < 4.78 is 15.4. The van der Waals surface area contributed by atoms with Crippen LogP contribution in [0.5, 0.6) is 0 Å². The Kier molecular flexibility index (Phi) is 2.21. The van der Waals surface area contributed by atoms with Gasteiger partial charge in [-0.2, -0.15) is 0 Å². The topological polar surface area (TPSA) is 4.41 Å². The standard InChI is InChI=1S/C13H12FNS/c1-2-3-11-8-16-13-7-9-6-10(14)4-5-12(9)15(11)13/h4-8H,2-3H2,1H3. The summed E-state index contributed by atoms with van der Waals surface area (Å²) in [6.07, 6.45) is 2.20. The summed E-state index contributed by atoms with van der Waals surface area (Å²) in [7, 11) is 0. The molecule has 3 rings (SSSR count). The summed E-state index contributed by atoms with van der Waals surface area (Å²) in [5, 5.41) is 3.19. The molecule has 0 aliphatic heterocycles. The number of halogens is 1. The van der Waals surface area contributed by atoms with Crippen molar-refractivity contribution in [3.63, 3.8) is 0 Å². The molecule has 0 spiro atoms. The fourth-order valence-corrected chi connectivity index (χ4v) is 3.15. The molecule has 3 heteroatoms. The molecule has 0 aliphatic rings. The highest BCUT2D eigenvalue weighted by Gasteiger charge is 2.08. The highest BCUT2D eigenvalue weighted by Crippen LogP contribution is 2.27. The van der Waals surface area contributed by atoms with Crippen LogP contribution in [0.25, 0.3) is 15.7 Å². The molecule has 0 saturated heterocycles. The molecule has 0 saturated carbocycles. The molecule has 0 N–H and O–H groups in total. The van der Waals surface area contributed by atoms with Gasteiger partial charge in [0.1, 0.15) is 10.6 Å². The second-order valence-corrected chi connectivity index (χ2v) is 4.89. The van der Waals surface area contributed by atoms with Crippen LogP contribution in [-0.2, 0) is 6.42 Å². The maximum atomic E-state index is 13.1. The molecular weight excluding hydrogens is 221 g/mol. The van der Waals surface area contributed by atoms with Gasteiger partial charge >= 0.3 is 0 Å². The number of rotatable bonds is 2. The van der Waals surface area contributed by atoms with Crippen LogP contribution in [0.15, 0.2) is 29.6 Å². The molecular formula is C13H12FNS. The number of fused-ring (bicyclic) bond motifs is 3. The first-order valence-electron chi connectivity index (χ1n) is 5.46. The van der Waals surface area contributed by atoms with Gasteiger partial charge in [-0.05, 0) is 30.7 Å². The Balaban J connectivity index is 2.36. The van der Waals surface area contributed by atoms with E-state index in [1.807, 2.05) is 6.07 Å². The van der Waals surface area contributed by atoms with Crippen molar-refractivity contribution in [1.29, 1.82) is 0 Å². The molecule has 16 heavy (non-hydrogen) atoms. The van der Waals surface area contributed by atoms with Gasteiger partial charge in [0, 0.05) is 16.5 Å². The van der Waals surface area contributed by atoms with Gasteiger partial charge in [0.2, 0.25) is 0 Å². The van der Waals surface area contributed by atoms with Gasteiger partial charge in [-0.25, -0.2) is 4.39 Å².